The molecule has 0 saturated carbocycles. The molecule has 1 aliphatic rings. The molecule has 6 nitrogen and oxygen atoms in total. The molecule has 1 fully saturated rings. The van der Waals surface area contributed by atoms with Gasteiger partial charge in [-0.3, -0.25) is 4.79 Å². The smallest absolute Gasteiger partial charge is 0.245 e. The van der Waals surface area contributed by atoms with E-state index in [1.54, 1.807) is 7.05 Å². The maximum absolute atomic E-state index is 10.6. The number of aromatic nitrogens is 3. The predicted octanol–water partition coefficient (Wildman–Crippen LogP) is -0.621. The van der Waals surface area contributed by atoms with Crippen LogP contribution in [-0.2, 0) is 7.05 Å². The minimum absolute atomic E-state index is 0.379. The molecule has 15 heavy (non-hydrogen) atoms. The highest BCUT2D eigenvalue weighted by Gasteiger charge is 2.18. The lowest BCUT2D eigenvalue weighted by molar-refractivity contribution is 0.111. The summed E-state index contributed by atoms with van der Waals surface area (Å²) in [5.41, 5.74) is 0. The zero-order valence-electron chi connectivity index (χ0n) is 9.05. The normalized spacial score (nSPS) is 18.1. The lowest BCUT2D eigenvalue weighted by Gasteiger charge is -2.31. The van der Waals surface area contributed by atoms with Gasteiger partial charge in [-0.1, -0.05) is 0 Å². The molecule has 0 amide bonds. The fraction of sp³-hybridized carbons (Fsp3) is 0.667. The second kappa shape index (κ2) is 3.98. The predicted molar refractivity (Wildman–Crippen MR) is 56.1 cm³/mol. The zero-order valence-corrected chi connectivity index (χ0v) is 9.05. The molecule has 0 aliphatic carbocycles. The van der Waals surface area contributed by atoms with Crippen LogP contribution < -0.4 is 4.90 Å². The molecular formula is C9H15N5O. The second-order valence-electron chi connectivity index (χ2n) is 3.80. The highest BCUT2D eigenvalue weighted by molar-refractivity contribution is 5.69. The van der Waals surface area contributed by atoms with E-state index in [0.29, 0.717) is 11.8 Å². The Morgan fingerprint density at radius 1 is 1.20 bits per heavy atom. The molecule has 1 saturated heterocycles. The molecule has 82 valence electrons. The SMILES string of the molecule is CN1CCN(c2nc(C=O)n(C)n2)CC1. The van der Waals surface area contributed by atoms with Crippen LogP contribution in [0, 0.1) is 0 Å². The molecule has 0 aromatic carbocycles. The summed E-state index contributed by atoms with van der Waals surface area (Å²) in [4.78, 5) is 19.2. The number of anilines is 1. The Balaban J connectivity index is 2.12. The average Bonchev–Trinajstić information content (AvgIpc) is 2.61. The van der Waals surface area contributed by atoms with E-state index in [0.717, 1.165) is 32.5 Å². The van der Waals surface area contributed by atoms with E-state index >= 15 is 0 Å². The number of hydrogen-bond donors (Lipinski definition) is 0. The van der Waals surface area contributed by atoms with Gasteiger partial charge in [-0.15, -0.1) is 5.10 Å². The van der Waals surface area contributed by atoms with Gasteiger partial charge in [0.25, 0.3) is 0 Å². The van der Waals surface area contributed by atoms with E-state index in [1.807, 2.05) is 0 Å². The summed E-state index contributed by atoms with van der Waals surface area (Å²) >= 11 is 0. The van der Waals surface area contributed by atoms with Crippen molar-refractivity contribution in [3.05, 3.63) is 5.82 Å². The van der Waals surface area contributed by atoms with Gasteiger partial charge in [0.05, 0.1) is 0 Å². The maximum Gasteiger partial charge on any atom is 0.245 e. The van der Waals surface area contributed by atoms with Crippen molar-refractivity contribution in [1.82, 2.24) is 19.7 Å². The van der Waals surface area contributed by atoms with E-state index in [4.69, 9.17) is 0 Å². The van der Waals surface area contributed by atoms with Gasteiger partial charge in [0, 0.05) is 33.2 Å². The van der Waals surface area contributed by atoms with Gasteiger partial charge in [-0.25, -0.2) is 4.68 Å². The number of nitrogens with zero attached hydrogens (tertiary/aromatic N) is 5. The third-order valence-corrected chi connectivity index (χ3v) is 2.68. The van der Waals surface area contributed by atoms with E-state index in [-0.39, 0.29) is 0 Å². The van der Waals surface area contributed by atoms with Crippen molar-refractivity contribution in [2.45, 2.75) is 0 Å². The van der Waals surface area contributed by atoms with Crippen LogP contribution in [0.15, 0.2) is 0 Å². The van der Waals surface area contributed by atoms with E-state index in [1.165, 1.54) is 4.68 Å². The number of likely N-dealkylation sites (N-methyl/N-ethyl adjacent to an activating group) is 1. The third kappa shape index (κ3) is 1.99. The monoisotopic (exact) mass is 209 g/mol. The third-order valence-electron chi connectivity index (χ3n) is 2.68. The van der Waals surface area contributed by atoms with Gasteiger partial charge in [0.2, 0.25) is 5.95 Å². The molecule has 0 bridgehead atoms. The largest absolute Gasteiger partial charge is 0.337 e. The molecule has 1 aromatic heterocycles. The summed E-state index contributed by atoms with van der Waals surface area (Å²) in [5.74, 6) is 1.04. The topological polar surface area (TPSA) is 54.3 Å². The summed E-state index contributed by atoms with van der Waals surface area (Å²) in [6.45, 7) is 3.85. The molecule has 2 heterocycles. The van der Waals surface area contributed by atoms with E-state index in [2.05, 4.69) is 26.9 Å². The van der Waals surface area contributed by atoms with Crippen LogP contribution in [0.2, 0.25) is 0 Å². The van der Waals surface area contributed by atoms with Crippen LogP contribution >= 0.6 is 0 Å². The first kappa shape index (κ1) is 10.1. The van der Waals surface area contributed by atoms with Crippen molar-refractivity contribution < 1.29 is 4.79 Å². The van der Waals surface area contributed by atoms with Crippen LogP contribution in [-0.4, -0.2) is 59.2 Å². The number of rotatable bonds is 2. The standard InChI is InChI=1S/C9H15N5O/c1-12-3-5-14(6-4-12)9-10-8(7-15)13(2)11-9/h7H,3-6H2,1-2H3. The molecule has 0 N–H and O–H groups in total. The summed E-state index contributed by atoms with van der Waals surface area (Å²) < 4.78 is 1.51. The lowest BCUT2D eigenvalue weighted by Crippen LogP contribution is -2.45. The fourth-order valence-electron chi connectivity index (χ4n) is 1.63. The first-order chi connectivity index (χ1) is 7.20. The first-order valence-corrected chi connectivity index (χ1v) is 5.00. The molecule has 0 atom stereocenters. The number of piperazine rings is 1. The van der Waals surface area contributed by atoms with Crippen LogP contribution in [0.5, 0.6) is 0 Å². The van der Waals surface area contributed by atoms with Crippen molar-refractivity contribution in [3.8, 4) is 0 Å². The molecule has 2 rings (SSSR count). The molecule has 0 spiro atoms. The number of carbonyl (C=O) groups is 1. The van der Waals surface area contributed by atoms with Gasteiger partial charge >= 0.3 is 0 Å². The van der Waals surface area contributed by atoms with Crippen LogP contribution in [0.25, 0.3) is 0 Å². The first-order valence-electron chi connectivity index (χ1n) is 5.00. The van der Waals surface area contributed by atoms with Crippen LogP contribution in [0.4, 0.5) is 5.95 Å². The minimum atomic E-state index is 0.379. The van der Waals surface area contributed by atoms with Crippen molar-refractivity contribution >= 4 is 12.2 Å². The number of aldehydes is 1. The van der Waals surface area contributed by atoms with Gasteiger partial charge in [-0.05, 0) is 7.05 Å². The van der Waals surface area contributed by atoms with Gasteiger partial charge in [0.15, 0.2) is 12.1 Å². The summed E-state index contributed by atoms with van der Waals surface area (Å²) in [6.07, 6.45) is 0.729. The number of carbonyl (C=O) groups excluding carboxylic acids is 1. The van der Waals surface area contributed by atoms with E-state index < -0.39 is 0 Å². The van der Waals surface area contributed by atoms with Gasteiger partial charge in [0.1, 0.15) is 0 Å². The van der Waals surface area contributed by atoms with Crippen molar-refractivity contribution in [2.24, 2.45) is 7.05 Å². The Morgan fingerprint density at radius 3 is 2.40 bits per heavy atom. The molecule has 0 radical (unpaired) electrons. The van der Waals surface area contributed by atoms with Crippen molar-refractivity contribution in [2.75, 3.05) is 38.1 Å². The molecule has 1 aromatic rings. The summed E-state index contributed by atoms with van der Waals surface area (Å²) in [7, 11) is 3.83. The minimum Gasteiger partial charge on any atom is -0.337 e. The van der Waals surface area contributed by atoms with Gasteiger partial charge < -0.3 is 9.80 Å². The van der Waals surface area contributed by atoms with Crippen LogP contribution in [0.3, 0.4) is 0 Å². The number of aryl methyl sites for hydroxylation is 1. The second-order valence-corrected chi connectivity index (χ2v) is 3.80. The van der Waals surface area contributed by atoms with E-state index in [9.17, 15) is 4.79 Å². The van der Waals surface area contributed by atoms with Crippen molar-refractivity contribution in [1.29, 1.82) is 0 Å². The van der Waals surface area contributed by atoms with Crippen molar-refractivity contribution in [3.63, 3.8) is 0 Å². The Labute approximate surface area is 88.5 Å². The maximum atomic E-state index is 10.6. The lowest BCUT2D eigenvalue weighted by atomic mass is 10.3. The Bertz CT molecular complexity index is 353. The zero-order chi connectivity index (χ0) is 10.8. The molecule has 0 unspecified atom stereocenters. The fourth-order valence-corrected chi connectivity index (χ4v) is 1.63. The Hall–Kier alpha value is -1.43. The average molecular weight is 209 g/mol. The Kier molecular flexibility index (Phi) is 2.68. The highest BCUT2D eigenvalue weighted by atomic mass is 16.1. The highest BCUT2D eigenvalue weighted by Crippen LogP contribution is 2.10. The van der Waals surface area contributed by atoms with Crippen LogP contribution in [0.1, 0.15) is 10.6 Å². The number of hydrogen-bond acceptors (Lipinski definition) is 5. The quantitative estimate of drug-likeness (QED) is 0.608. The molecule has 1 aliphatic heterocycles. The summed E-state index contributed by atoms with van der Waals surface area (Å²) in [5, 5.41) is 4.21. The molecular weight excluding hydrogens is 194 g/mol. The Morgan fingerprint density at radius 2 is 1.87 bits per heavy atom. The molecule has 6 heteroatoms. The van der Waals surface area contributed by atoms with Gasteiger partial charge in [-0.2, -0.15) is 4.98 Å². The summed E-state index contributed by atoms with van der Waals surface area (Å²) in [6, 6.07) is 0.